The average Bonchev–Trinajstić information content (AvgIpc) is 3.05. The third kappa shape index (κ3) is 2.08. The van der Waals surface area contributed by atoms with Gasteiger partial charge in [-0.05, 0) is 37.0 Å². The number of carbonyl (C=O) groups excluding carboxylic acids is 1. The van der Waals surface area contributed by atoms with E-state index in [4.69, 9.17) is 4.42 Å². The Kier molecular flexibility index (Phi) is 2.96. The second-order valence-corrected chi connectivity index (χ2v) is 5.16. The summed E-state index contributed by atoms with van der Waals surface area (Å²) >= 11 is 0. The molecule has 0 aromatic carbocycles. The zero-order valence-corrected chi connectivity index (χ0v) is 10.2. The van der Waals surface area contributed by atoms with E-state index in [9.17, 15) is 9.90 Å². The minimum atomic E-state index is -0.221. The molecule has 1 aliphatic carbocycles. The lowest BCUT2D eigenvalue weighted by molar-refractivity contribution is -0.125. The first kappa shape index (κ1) is 11.5. The fourth-order valence-corrected chi connectivity index (χ4v) is 3.06. The second-order valence-electron chi connectivity index (χ2n) is 5.16. The van der Waals surface area contributed by atoms with Crippen LogP contribution < -0.4 is 0 Å². The molecule has 3 atom stereocenters. The van der Waals surface area contributed by atoms with E-state index >= 15 is 0 Å². The largest absolute Gasteiger partial charge is 0.465 e. The first-order valence-corrected chi connectivity index (χ1v) is 6.42. The minimum absolute atomic E-state index is 0.00741. The van der Waals surface area contributed by atoms with Crippen molar-refractivity contribution in [2.75, 3.05) is 13.1 Å². The van der Waals surface area contributed by atoms with E-state index in [2.05, 4.69) is 0 Å². The number of amides is 1. The van der Waals surface area contributed by atoms with Crippen LogP contribution in [0, 0.1) is 11.8 Å². The van der Waals surface area contributed by atoms with Gasteiger partial charge in [-0.25, -0.2) is 0 Å². The van der Waals surface area contributed by atoms with Crippen LogP contribution in [0.15, 0.2) is 28.9 Å². The van der Waals surface area contributed by atoms with Gasteiger partial charge < -0.3 is 14.4 Å². The van der Waals surface area contributed by atoms with E-state index in [1.54, 1.807) is 24.5 Å². The van der Waals surface area contributed by atoms with Gasteiger partial charge in [-0.1, -0.05) is 0 Å². The normalized spacial score (nSPS) is 31.2. The molecular formula is C14H17NO3. The number of carbonyl (C=O) groups is 1. The summed E-state index contributed by atoms with van der Waals surface area (Å²) in [6, 6.07) is 3.60. The maximum absolute atomic E-state index is 12.0. The predicted molar refractivity (Wildman–Crippen MR) is 66.5 cm³/mol. The molecule has 1 amide bonds. The number of furan rings is 1. The van der Waals surface area contributed by atoms with Crippen LogP contribution in [0.2, 0.25) is 0 Å². The van der Waals surface area contributed by atoms with Crippen molar-refractivity contribution in [3.8, 4) is 0 Å². The molecule has 96 valence electrons. The molecule has 1 saturated carbocycles. The molecule has 1 aliphatic heterocycles. The Balaban J connectivity index is 1.61. The Hall–Kier alpha value is -1.55. The molecule has 3 rings (SSSR count). The Bertz CT molecular complexity index is 452. The van der Waals surface area contributed by atoms with E-state index in [1.165, 1.54) is 0 Å². The molecule has 0 bridgehead atoms. The van der Waals surface area contributed by atoms with Crippen molar-refractivity contribution in [3.63, 3.8) is 0 Å². The quantitative estimate of drug-likeness (QED) is 0.806. The fraction of sp³-hybridized carbons (Fsp3) is 0.500. The molecule has 4 nitrogen and oxygen atoms in total. The summed E-state index contributed by atoms with van der Waals surface area (Å²) < 4.78 is 5.14. The highest BCUT2D eigenvalue weighted by Gasteiger charge is 2.42. The summed E-state index contributed by atoms with van der Waals surface area (Å²) in [6.45, 7) is 1.47. The first-order chi connectivity index (χ1) is 8.74. The molecule has 18 heavy (non-hydrogen) atoms. The molecule has 3 unspecified atom stereocenters. The van der Waals surface area contributed by atoms with Crippen molar-refractivity contribution >= 4 is 12.0 Å². The van der Waals surface area contributed by atoms with Crippen LogP contribution in [0.25, 0.3) is 6.08 Å². The van der Waals surface area contributed by atoms with Gasteiger partial charge in [0.05, 0.1) is 12.4 Å². The molecule has 1 saturated heterocycles. The van der Waals surface area contributed by atoms with Gasteiger partial charge in [0.1, 0.15) is 5.76 Å². The number of aliphatic hydroxyl groups excluding tert-OH is 1. The summed E-state index contributed by atoms with van der Waals surface area (Å²) in [5.74, 6) is 1.46. The Morgan fingerprint density at radius 1 is 1.44 bits per heavy atom. The summed E-state index contributed by atoms with van der Waals surface area (Å²) in [6.07, 6.45) is 6.53. The van der Waals surface area contributed by atoms with E-state index in [1.807, 2.05) is 11.0 Å². The number of rotatable bonds is 2. The first-order valence-electron chi connectivity index (χ1n) is 6.42. The van der Waals surface area contributed by atoms with Crippen molar-refractivity contribution in [1.29, 1.82) is 0 Å². The lowest BCUT2D eigenvalue weighted by Gasteiger charge is -2.16. The lowest BCUT2D eigenvalue weighted by Crippen LogP contribution is -2.29. The third-order valence-electron chi connectivity index (χ3n) is 4.06. The zero-order valence-electron chi connectivity index (χ0n) is 10.2. The van der Waals surface area contributed by atoms with Crippen molar-refractivity contribution in [1.82, 2.24) is 4.90 Å². The molecule has 4 heteroatoms. The summed E-state index contributed by atoms with van der Waals surface area (Å²) in [5.41, 5.74) is 0. The maximum Gasteiger partial charge on any atom is 0.246 e. The highest BCUT2D eigenvalue weighted by Crippen LogP contribution is 2.38. The number of hydrogen-bond acceptors (Lipinski definition) is 3. The van der Waals surface area contributed by atoms with E-state index in [0.717, 1.165) is 19.4 Å². The topological polar surface area (TPSA) is 53.7 Å². The summed E-state index contributed by atoms with van der Waals surface area (Å²) in [7, 11) is 0. The van der Waals surface area contributed by atoms with Gasteiger partial charge in [0.2, 0.25) is 5.91 Å². The minimum Gasteiger partial charge on any atom is -0.465 e. The van der Waals surface area contributed by atoms with Crippen LogP contribution in [-0.4, -0.2) is 35.1 Å². The van der Waals surface area contributed by atoms with Crippen LogP contribution in [0.1, 0.15) is 18.6 Å². The Morgan fingerprint density at radius 2 is 2.33 bits per heavy atom. The lowest BCUT2D eigenvalue weighted by atomic mass is 10.00. The standard InChI is InChI=1S/C14H17NO3/c16-13-5-3-10-8-15(9-12(10)13)14(17)6-4-11-2-1-7-18-11/h1-2,4,6-7,10,12-13,16H,3,5,8-9H2/b6-4+. The summed E-state index contributed by atoms with van der Waals surface area (Å²) in [4.78, 5) is 13.8. The van der Waals surface area contributed by atoms with E-state index < -0.39 is 0 Å². The Labute approximate surface area is 106 Å². The van der Waals surface area contributed by atoms with Crippen molar-refractivity contribution in [2.45, 2.75) is 18.9 Å². The second kappa shape index (κ2) is 4.61. The van der Waals surface area contributed by atoms with Crippen molar-refractivity contribution < 1.29 is 14.3 Å². The highest BCUT2D eigenvalue weighted by molar-refractivity contribution is 5.91. The molecular weight excluding hydrogens is 230 g/mol. The number of nitrogens with zero attached hydrogens (tertiary/aromatic N) is 1. The van der Waals surface area contributed by atoms with Gasteiger partial charge in [0.15, 0.2) is 0 Å². The van der Waals surface area contributed by atoms with E-state index in [-0.39, 0.29) is 17.9 Å². The zero-order chi connectivity index (χ0) is 12.5. The number of likely N-dealkylation sites (tertiary alicyclic amines) is 1. The molecule has 2 fully saturated rings. The Morgan fingerprint density at radius 3 is 3.06 bits per heavy atom. The summed E-state index contributed by atoms with van der Waals surface area (Å²) in [5, 5.41) is 9.81. The van der Waals surface area contributed by atoms with Gasteiger partial charge >= 0.3 is 0 Å². The van der Waals surface area contributed by atoms with Gasteiger partial charge in [0.25, 0.3) is 0 Å². The van der Waals surface area contributed by atoms with Gasteiger partial charge in [-0.15, -0.1) is 0 Å². The SMILES string of the molecule is O=C(/C=C/c1ccco1)N1CC2CCC(O)C2C1. The fourth-order valence-electron chi connectivity index (χ4n) is 3.06. The van der Waals surface area contributed by atoms with Crippen molar-refractivity contribution in [2.24, 2.45) is 11.8 Å². The van der Waals surface area contributed by atoms with Crippen LogP contribution in [-0.2, 0) is 4.79 Å². The predicted octanol–water partition coefficient (Wildman–Crippen LogP) is 1.52. The molecule has 2 aliphatic rings. The number of fused-ring (bicyclic) bond motifs is 1. The monoisotopic (exact) mass is 247 g/mol. The third-order valence-corrected chi connectivity index (χ3v) is 4.06. The van der Waals surface area contributed by atoms with Crippen LogP contribution in [0.4, 0.5) is 0 Å². The number of hydrogen-bond donors (Lipinski definition) is 1. The van der Waals surface area contributed by atoms with Crippen LogP contribution >= 0.6 is 0 Å². The molecule has 1 N–H and O–H groups in total. The van der Waals surface area contributed by atoms with Crippen molar-refractivity contribution in [3.05, 3.63) is 30.2 Å². The van der Waals surface area contributed by atoms with E-state index in [0.29, 0.717) is 18.2 Å². The van der Waals surface area contributed by atoms with Crippen LogP contribution in [0.3, 0.4) is 0 Å². The average molecular weight is 247 g/mol. The maximum atomic E-state index is 12.0. The molecule has 1 aromatic rings. The molecule has 0 radical (unpaired) electrons. The van der Waals surface area contributed by atoms with Gasteiger partial charge in [0, 0.05) is 25.1 Å². The van der Waals surface area contributed by atoms with Gasteiger partial charge in [-0.2, -0.15) is 0 Å². The smallest absolute Gasteiger partial charge is 0.246 e. The molecule has 2 heterocycles. The highest BCUT2D eigenvalue weighted by atomic mass is 16.3. The number of aliphatic hydroxyl groups is 1. The molecule has 0 spiro atoms. The van der Waals surface area contributed by atoms with Gasteiger partial charge in [-0.3, -0.25) is 4.79 Å². The molecule has 1 aromatic heterocycles. The van der Waals surface area contributed by atoms with Crippen LogP contribution in [0.5, 0.6) is 0 Å².